The minimum Gasteiger partial charge on any atom is -0.447 e. The van der Waals surface area contributed by atoms with Crippen LogP contribution in [-0.2, 0) is 9.47 Å². The van der Waals surface area contributed by atoms with Crippen molar-refractivity contribution in [2.45, 2.75) is 57.7 Å². The Morgan fingerprint density at radius 1 is 1.13 bits per heavy atom. The summed E-state index contributed by atoms with van der Waals surface area (Å²) in [5.74, 6) is -3.07. The fourth-order valence-electron chi connectivity index (χ4n) is 3.52. The molecule has 16 heteroatoms. The van der Waals surface area contributed by atoms with Crippen molar-refractivity contribution in [2.75, 3.05) is 19.8 Å². The molecule has 0 spiro atoms. The summed E-state index contributed by atoms with van der Waals surface area (Å²) in [4.78, 5) is 26.8. The molecule has 1 N–H and O–H groups in total. The number of piperidine rings is 1. The van der Waals surface area contributed by atoms with Gasteiger partial charge in [0.15, 0.2) is 0 Å². The van der Waals surface area contributed by atoms with Gasteiger partial charge in [0.2, 0.25) is 5.89 Å². The number of carbonyl (C=O) groups is 2. The molecule has 0 radical (unpaired) electrons. The predicted molar refractivity (Wildman–Crippen MR) is 119 cm³/mol. The van der Waals surface area contributed by atoms with Gasteiger partial charge in [-0.25, -0.2) is 13.6 Å². The first-order chi connectivity index (χ1) is 17.6. The molecule has 2 heterocycles. The summed E-state index contributed by atoms with van der Waals surface area (Å²) in [7, 11) is 0. The molecule has 0 saturated carbocycles. The van der Waals surface area contributed by atoms with Crippen LogP contribution >= 0.6 is 11.6 Å². The van der Waals surface area contributed by atoms with E-state index in [4.69, 9.17) is 25.5 Å². The highest BCUT2D eigenvalue weighted by molar-refractivity contribution is 6.31. The first-order valence-corrected chi connectivity index (χ1v) is 11.6. The number of nitrogens with one attached hydrogen (secondary N) is 1. The molecule has 1 aromatic heterocycles. The SMILES string of the molecule is CC(C)(C)OC(=O)N1C[C@@H](NC(=O)c2cc(F)c(Cl)c(F)c2)CC[C@@H]1c1nnc(OCCOC(F)(F)F)o1. The van der Waals surface area contributed by atoms with Crippen molar-refractivity contribution in [2.24, 2.45) is 0 Å². The lowest BCUT2D eigenvalue weighted by atomic mass is 9.98. The normalized spacial score (nSPS) is 18.3. The van der Waals surface area contributed by atoms with Crippen LogP contribution in [0.15, 0.2) is 16.5 Å². The minimum absolute atomic E-state index is 0.0748. The van der Waals surface area contributed by atoms with Crippen molar-refractivity contribution in [1.29, 1.82) is 0 Å². The highest BCUT2D eigenvalue weighted by Gasteiger charge is 2.39. The molecule has 2 amide bonds. The molecule has 210 valence electrons. The molecule has 2 atom stereocenters. The molecule has 1 aromatic carbocycles. The van der Waals surface area contributed by atoms with Crippen molar-refractivity contribution in [3.05, 3.63) is 40.2 Å². The minimum atomic E-state index is -4.82. The molecule has 0 bridgehead atoms. The monoisotopic (exact) mass is 570 g/mol. The number of benzene rings is 1. The Morgan fingerprint density at radius 3 is 2.39 bits per heavy atom. The lowest BCUT2D eigenvalue weighted by molar-refractivity contribution is -0.325. The third kappa shape index (κ3) is 8.15. The molecule has 1 fully saturated rings. The van der Waals surface area contributed by atoms with Gasteiger partial charge < -0.3 is 19.2 Å². The summed E-state index contributed by atoms with van der Waals surface area (Å²) in [6, 6.07) is 0.112. The molecule has 38 heavy (non-hydrogen) atoms. The number of aromatic nitrogens is 2. The van der Waals surface area contributed by atoms with E-state index in [-0.39, 0.29) is 30.8 Å². The molecule has 2 aromatic rings. The summed E-state index contributed by atoms with van der Waals surface area (Å²) >= 11 is 5.46. The van der Waals surface area contributed by atoms with Crippen LogP contribution in [0.25, 0.3) is 0 Å². The van der Waals surface area contributed by atoms with E-state index in [1.165, 1.54) is 4.90 Å². The highest BCUT2D eigenvalue weighted by atomic mass is 35.5. The smallest absolute Gasteiger partial charge is 0.447 e. The number of amides is 2. The largest absolute Gasteiger partial charge is 0.522 e. The van der Waals surface area contributed by atoms with Crippen LogP contribution in [-0.4, -0.2) is 64.9 Å². The molecule has 3 rings (SSSR count). The molecule has 0 unspecified atom stereocenters. The fraction of sp³-hybridized carbons (Fsp3) is 0.545. The van der Waals surface area contributed by atoms with E-state index in [9.17, 15) is 31.5 Å². The van der Waals surface area contributed by atoms with Crippen molar-refractivity contribution in [3.63, 3.8) is 0 Å². The number of halogens is 6. The van der Waals surface area contributed by atoms with Crippen LogP contribution in [0.5, 0.6) is 6.08 Å². The summed E-state index contributed by atoms with van der Waals surface area (Å²) in [5.41, 5.74) is -1.18. The topological polar surface area (TPSA) is 116 Å². The van der Waals surface area contributed by atoms with Crippen molar-refractivity contribution in [3.8, 4) is 6.08 Å². The first-order valence-electron chi connectivity index (χ1n) is 11.2. The van der Waals surface area contributed by atoms with Gasteiger partial charge in [0.25, 0.3) is 5.91 Å². The van der Waals surface area contributed by atoms with Gasteiger partial charge in [-0.05, 0) is 45.7 Å². The average molecular weight is 571 g/mol. The molecule has 1 aliphatic heterocycles. The lowest BCUT2D eigenvalue weighted by Crippen LogP contribution is -2.52. The molecule has 10 nitrogen and oxygen atoms in total. The number of hydrogen-bond donors (Lipinski definition) is 1. The first kappa shape index (κ1) is 29.4. The van der Waals surface area contributed by atoms with Crippen LogP contribution in [0.2, 0.25) is 5.02 Å². The second-order valence-corrected chi connectivity index (χ2v) is 9.58. The number of hydrogen-bond acceptors (Lipinski definition) is 8. The van der Waals surface area contributed by atoms with Crippen molar-refractivity contribution < 1.29 is 50.2 Å². The number of alkyl halides is 3. The number of carbonyl (C=O) groups excluding carboxylic acids is 2. The zero-order valence-corrected chi connectivity index (χ0v) is 21.2. The van der Waals surface area contributed by atoms with Gasteiger partial charge in [0.1, 0.15) is 34.9 Å². The van der Waals surface area contributed by atoms with Crippen LogP contribution < -0.4 is 10.1 Å². The summed E-state index contributed by atoms with van der Waals surface area (Å²) in [6.45, 7) is 3.51. The Balaban J connectivity index is 1.71. The van der Waals surface area contributed by atoms with Gasteiger partial charge in [-0.3, -0.25) is 14.4 Å². The molecular weight excluding hydrogens is 547 g/mol. The fourth-order valence-corrected chi connectivity index (χ4v) is 3.63. The molecule has 0 aliphatic carbocycles. The average Bonchev–Trinajstić information content (AvgIpc) is 3.27. The van der Waals surface area contributed by atoms with E-state index in [1.807, 2.05) is 0 Å². The third-order valence-electron chi connectivity index (χ3n) is 5.07. The maximum Gasteiger partial charge on any atom is 0.522 e. The van der Waals surface area contributed by atoms with E-state index in [2.05, 4.69) is 20.3 Å². The Labute approximate surface area is 218 Å². The van der Waals surface area contributed by atoms with Gasteiger partial charge in [-0.1, -0.05) is 16.7 Å². The third-order valence-corrected chi connectivity index (χ3v) is 5.43. The van der Waals surface area contributed by atoms with E-state index >= 15 is 0 Å². The molecule has 1 aliphatic rings. The maximum atomic E-state index is 13.8. The van der Waals surface area contributed by atoms with Crippen LogP contribution in [0, 0.1) is 11.6 Å². The standard InChI is InChI=1S/C22H24ClF5N4O6/c1-21(2,3)38-20(34)32-10-12(29-17(33)11-8-13(24)16(23)14(25)9-11)4-5-15(32)18-30-31-19(37-18)35-6-7-36-22(26,27)28/h8-9,12,15H,4-7,10H2,1-3H3,(H,29,33)/t12-,15+/m0/s1. The quantitative estimate of drug-likeness (QED) is 0.287. The van der Waals surface area contributed by atoms with Gasteiger partial charge in [-0.2, -0.15) is 0 Å². The second kappa shape index (κ2) is 11.7. The Morgan fingerprint density at radius 2 is 1.79 bits per heavy atom. The molecule has 1 saturated heterocycles. The highest BCUT2D eigenvalue weighted by Crippen LogP contribution is 2.33. The number of likely N-dealkylation sites (tertiary alicyclic amines) is 1. The van der Waals surface area contributed by atoms with Crippen LogP contribution in [0.4, 0.5) is 26.7 Å². The summed E-state index contributed by atoms with van der Waals surface area (Å²) < 4.78 is 83.2. The Kier molecular flexibility index (Phi) is 9.02. The van der Waals surface area contributed by atoms with Crippen LogP contribution in [0.3, 0.4) is 0 Å². The maximum absolute atomic E-state index is 13.8. The zero-order valence-electron chi connectivity index (χ0n) is 20.4. The number of nitrogens with zero attached hydrogens (tertiary/aromatic N) is 3. The van der Waals surface area contributed by atoms with Crippen LogP contribution in [0.1, 0.15) is 55.9 Å². The van der Waals surface area contributed by atoms with Gasteiger partial charge in [-0.15, -0.1) is 18.3 Å². The Bertz CT molecular complexity index is 1130. The van der Waals surface area contributed by atoms with Crippen molar-refractivity contribution >= 4 is 23.6 Å². The Hall–Kier alpha value is -3.20. The second-order valence-electron chi connectivity index (χ2n) is 9.20. The summed E-state index contributed by atoms with van der Waals surface area (Å²) in [5, 5.41) is 9.32. The number of rotatable bonds is 7. The van der Waals surface area contributed by atoms with Gasteiger partial charge in [0.05, 0.1) is 6.61 Å². The van der Waals surface area contributed by atoms with E-state index in [0.717, 1.165) is 12.1 Å². The molecular formula is C22H24ClF5N4O6. The van der Waals surface area contributed by atoms with Crippen molar-refractivity contribution in [1.82, 2.24) is 20.4 Å². The van der Waals surface area contributed by atoms with Gasteiger partial charge >= 0.3 is 18.5 Å². The zero-order chi connectivity index (χ0) is 28.3. The van der Waals surface area contributed by atoms with E-state index in [0.29, 0.717) is 0 Å². The van der Waals surface area contributed by atoms with Gasteiger partial charge in [0, 0.05) is 18.2 Å². The van der Waals surface area contributed by atoms with E-state index in [1.54, 1.807) is 20.8 Å². The summed E-state index contributed by atoms with van der Waals surface area (Å²) in [6.07, 6.45) is -5.55. The predicted octanol–water partition coefficient (Wildman–Crippen LogP) is 4.79. The van der Waals surface area contributed by atoms with E-state index < -0.39 is 72.0 Å². The lowest BCUT2D eigenvalue weighted by Gasteiger charge is -2.38. The number of ether oxygens (including phenoxy) is 3.